The van der Waals surface area contributed by atoms with Crippen molar-refractivity contribution in [2.24, 2.45) is 11.8 Å². The van der Waals surface area contributed by atoms with Crippen LogP contribution in [0.1, 0.15) is 58.6 Å². The average molecular weight is 289 g/mol. The number of anilines is 1. The molecule has 0 aliphatic carbocycles. The smallest absolute Gasteiger partial charge is 0.133 e. The standard InChI is InChI=1S/C18H31N3/c1-5-10-19-15(4)17-7-6-11-20-18(17)21-12-8-16(9-13-21)14(2)3/h6-7,11,14-16,19H,5,8-10,12-13H2,1-4H3. The number of nitrogens with one attached hydrogen (secondary N) is 1. The lowest BCUT2D eigenvalue weighted by atomic mass is 9.86. The quantitative estimate of drug-likeness (QED) is 0.857. The molecule has 1 N–H and O–H groups in total. The van der Waals surface area contributed by atoms with Crippen molar-refractivity contribution in [3.63, 3.8) is 0 Å². The Balaban J connectivity index is 2.06. The molecular formula is C18H31N3. The number of aromatic nitrogens is 1. The first-order valence-corrected chi connectivity index (χ1v) is 8.56. The molecule has 2 heterocycles. The molecule has 0 radical (unpaired) electrons. The van der Waals surface area contributed by atoms with Crippen LogP contribution in [0.2, 0.25) is 0 Å². The van der Waals surface area contributed by atoms with E-state index in [1.807, 2.05) is 6.20 Å². The van der Waals surface area contributed by atoms with Crippen LogP contribution < -0.4 is 10.2 Å². The third kappa shape index (κ3) is 4.19. The zero-order chi connectivity index (χ0) is 15.2. The van der Waals surface area contributed by atoms with Crippen molar-refractivity contribution in [2.75, 3.05) is 24.5 Å². The van der Waals surface area contributed by atoms with Crippen LogP contribution in [-0.2, 0) is 0 Å². The van der Waals surface area contributed by atoms with Gasteiger partial charge >= 0.3 is 0 Å². The topological polar surface area (TPSA) is 28.2 Å². The minimum absolute atomic E-state index is 0.372. The minimum atomic E-state index is 0.372. The third-order valence-corrected chi connectivity index (χ3v) is 4.77. The van der Waals surface area contributed by atoms with E-state index in [0.717, 1.165) is 31.5 Å². The summed E-state index contributed by atoms with van der Waals surface area (Å²) in [4.78, 5) is 7.17. The second kappa shape index (κ2) is 7.79. The summed E-state index contributed by atoms with van der Waals surface area (Å²) in [6, 6.07) is 4.66. The summed E-state index contributed by atoms with van der Waals surface area (Å²) < 4.78 is 0. The number of hydrogen-bond donors (Lipinski definition) is 1. The summed E-state index contributed by atoms with van der Waals surface area (Å²) in [6.45, 7) is 12.5. The highest BCUT2D eigenvalue weighted by molar-refractivity contribution is 5.48. The fourth-order valence-electron chi connectivity index (χ4n) is 3.26. The molecule has 1 aliphatic heterocycles. The van der Waals surface area contributed by atoms with Gasteiger partial charge in [0, 0.05) is 30.9 Å². The number of rotatable bonds is 6. The van der Waals surface area contributed by atoms with Crippen molar-refractivity contribution in [3.05, 3.63) is 23.9 Å². The molecule has 3 nitrogen and oxygen atoms in total. The Hall–Kier alpha value is -1.09. The number of nitrogens with zero attached hydrogens (tertiary/aromatic N) is 2. The fraction of sp³-hybridized carbons (Fsp3) is 0.722. The van der Waals surface area contributed by atoms with E-state index in [0.29, 0.717) is 6.04 Å². The normalized spacial score (nSPS) is 18.2. The average Bonchev–Trinajstić information content (AvgIpc) is 2.52. The molecule has 0 saturated carbocycles. The van der Waals surface area contributed by atoms with Gasteiger partial charge < -0.3 is 10.2 Å². The highest BCUT2D eigenvalue weighted by Crippen LogP contribution is 2.30. The summed E-state index contributed by atoms with van der Waals surface area (Å²) in [7, 11) is 0. The van der Waals surface area contributed by atoms with Gasteiger partial charge in [-0.3, -0.25) is 0 Å². The summed E-state index contributed by atoms with van der Waals surface area (Å²) >= 11 is 0. The van der Waals surface area contributed by atoms with Crippen LogP contribution >= 0.6 is 0 Å². The van der Waals surface area contributed by atoms with Gasteiger partial charge in [-0.2, -0.15) is 0 Å². The first kappa shape index (κ1) is 16.3. The van der Waals surface area contributed by atoms with Gasteiger partial charge in [0.25, 0.3) is 0 Å². The van der Waals surface area contributed by atoms with Crippen LogP contribution in [0.4, 0.5) is 5.82 Å². The molecule has 1 aromatic heterocycles. The van der Waals surface area contributed by atoms with Gasteiger partial charge in [0.2, 0.25) is 0 Å². The van der Waals surface area contributed by atoms with E-state index in [1.165, 1.54) is 30.6 Å². The molecule has 1 aliphatic rings. The van der Waals surface area contributed by atoms with E-state index in [2.05, 4.69) is 55.0 Å². The minimum Gasteiger partial charge on any atom is -0.356 e. The largest absolute Gasteiger partial charge is 0.356 e. The molecule has 2 rings (SSSR count). The summed E-state index contributed by atoms with van der Waals surface area (Å²) in [5.41, 5.74) is 1.34. The zero-order valence-corrected chi connectivity index (χ0v) is 14.1. The molecule has 1 saturated heterocycles. The van der Waals surface area contributed by atoms with Crippen LogP contribution in [0.25, 0.3) is 0 Å². The molecule has 0 bridgehead atoms. The van der Waals surface area contributed by atoms with Crippen molar-refractivity contribution in [3.8, 4) is 0 Å². The predicted molar refractivity (Wildman–Crippen MR) is 90.7 cm³/mol. The Morgan fingerprint density at radius 1 is 1.29 bits per heavy atom. The molecular weight excluding hydrogens is 258 g/mol. The maximum absolute atomic E-state index is 4.69. The van der Waals surface area contributed by atoms with E-state index in [-0.39, 0.29) is 0 Å². The number of piperidine rings is 1. The van der Waals surface area contributed by atoms with Crippen molar-refractivity contribution < 1.29 is 0 Å². The zero-order valence-electron chi connectivity index (χ0n) is 14.1. The van der Waals surface area contributed by atoms with E-state index < -0.39 is 0 Å². The van der Waals surface area contributed by atoms with Crippen LogP contribution in [-0.4, -0.2) is 24.6 Å². The van der Waals surface area contributed by atoms with E-state index in [1.54, 1.807) is 0 Å². The second-order valence-corrected chi connectivity index (χ2v) is 6.66. The van der Waals surface area contributed by atoms with Crippen molar-refractivity contribution >= 4 is 5.82 Å². The van der Waals surface area contributed by atoms with Gasteiger partial charge in [0.15, 0.2) is 0 Å². The van der Waals surface area contributed by atoms with Gasteiger partial charge in [0.1, 0.15) is 5.82 Å². The SMILES string of the molecule is CCCNC(C)c1cccnc1N1CCC(C(C)C)CC1. The Morgan fingerprint density at radius 2 is 2.00 bits per heavy atom. The molecule has 0 aromatic carbocycles. The van der Waals surface area contributed by atoms with Crippen molar-refractivity contribution in [1.82, 2.24) is 10.3 Å². The van der Waals surface area contributed by atoms with Crippen LogP contribution in [0, 0.1) is 11.8 Å². The van der Waals surface area contributed by atoms with E-state index >= 15 is 0 Å². The molecule has 1 fully saturated rings. The molecule has 118 valence electrons. The summed E-state index contributed by atoms with van der Waals surface area (Å²) in [5, 5.41) is 3.59. The van der Waals surface area contributed by atoms with Crippen LogP contribution in [0.5, 0.6) is 0 Å². The Labute approximate surface area is 130 Å². The third-order valence-electron chi connectivity index (χ3n) is 4.77. The van der Waals surface area contributed by atoms with E-state index in [9.17, 15) is 0 Å². The molecule has 0 amide bonds. The first-order valence-electron chi connectivity index (χ1n) is 8.56. The maximum Gasteiger partial charge on any atom is 0.133 e. The maximum atomic E-state index is 4.69. The van der Waals surface area contributed by atoms with Crippen molar-refractivity contribution in [2.45, 2.75) is 53.0 Å². The van der Waals surface area contributed by atoms with Gasteiger partial charge in [-0.05, 0) is 50.6 Å². The number of hydrogen-bond acceptors (Lipinski definition) is 3. The van der Waals surface area contributed by atoms with Crippen LogP contribution in [0.3, 0.4) is 0 Å². The second-order valence-electron chi connectivity index (χ2n) is 6.66. The van der Waals surface area contributed by atoms with E-state index in [4.69, 9.17) is 0 Å². The highest BCUT2D eigenvalue weighted by atomic mass is 15.2. The van der Waals surface area contributed by atoms with Gasteiger partial charge in [-0.15, -0.1) is 0 Å². The van der Waals surface area contributed by atoms with Crippen molar-refractivity contribution in [1.29, 1.82) is 0 Å². The molecule has 1 atom stereocenters. The highest BCUT2D eigenvalue weighted by Gasteiger charge is 2.24. The van der Waals surface area contributed by atoms with Gasteiger partial charge in [-0.25, -0.2) is 4.98 Å². The molecule has 3 heteroatoms. The Bertz CT molecular complexity index is 422. The fourth-order valence-corrected chi connectivity index (χ4v) is 3.26. The Morgan fingerprint density at radius 3 is 2.62 bits per heavy atom. The lowest BCUT2D eigenvalue weighted by Gasteiger charge is -2.36. The first-order chi connectivity index (χ1) is 10.1. The lowest BCUT2D eigenvalue weighted by Crippen LogP contribution is -2.37. The number of pyridine rings is 1. The predicted octanol–water partition coefficient (Wildman–Crippen LogP) is 4.01. The summed E-state index contributed by atoms with van der Waals surface area (Å²) in [6.07, 6.45) is 5.69. The Kier molecular flexibility index (Phi) is 6.04. The van der Waals surface area contributed by atoms with Crippen LogP contribution in [0.15, 0.2) is 18.3 Å². The monoisotopic (exact) mass is 289 g/mol. The lowest BCUT2D eigenvalue weighted by molar-refractivity contribution is 0.310. The molecule has 1 aromatic rings. The molecule has 1 unspecified atom stereocenters. The van der Waals surface area contributed by atoms with Gasteiger partial charge in [0.05, 0.1) is 0 Å². The van der Waals surface area contributed by atoms with Gasteiger partial charge in [-0.1, -0.05) is 26.8 Å². The molecule has 0 spiro atoms. The summed E-state index contributed by atoms with van der Waals surface area (Å²) in [5.74, 6) is 2.88. The molecule has 21 heavy (non-hydrogen) atoms.